The molecule has 0 aliphatic heterocycles. The lowest BCUT2D eigenvalue weighted by Gasteiger charge is -2.08. The van der Waals surface area contributed by atoms with Crippen LogP contribution in [0.5, 0.6) is 0 Å². The molecule has 25 heavy (non-hydrogen) atoms. The number of esters is 1. The van der Waals surface area contributed by atoms with Gasteiger partial charge in [-0.2, -0.15) is 13.2 Å². The van der Waals surface area contributed by atoms with Crippen molar-refractivity contribution in [3.63, 3.8) is 0 Å². The van der Waals surface area contributed by atoms with Crippen LogP contribution in [0.1, 0.15) is 25.0 Å². The van der Waals surface area contributed by atoms with Crippen molar-refractivity contribution in [3.8, 4) is 0 Å². The summed E-state index contributed by atoms with van der Waals surface area (Å²) in [6.07, 6.45) is -2.23. The van der Waals surface area contributed by atoms with Crippen molar-refractivity contribution in [2.45, 2.75) is 26.1 Å². The molecule has 2 N–H and O–H groups in total. The molecular formula is C16H17F3N2O4. The maximum Gasteiger partial charge on any atom is 0.416 e. The van der Waals surface area contributed by atoms with Crippen LogP contribution in [-0.2, 0) is 20.5 Å². The van der Waals surface area contributed by atoms with E-state index in [1.165, 1.54) is 18.2 Å². The number of nitrogens with one attached hydrogen (secondary N) is 2. The second-order valence-electron chi connectivity index (χ2n) is 5.24. The molecule has 6 nitrogen and oxygen atoms in total. The van der Waals surface area contributed by atoms with Gasteiger partial charge in [0.15, 0.2) is 6.61 Å². The number of imide groups is 1. The van der Waals surface area contributed by atoms with E-state index in [2.05, 4.69) is 10.1 Å². The molecule has 0 unspecified atom stereocenters. The van der Waals surface area contributed by atoms with Gasteiger partial charge in [0.2, 0.25) is 0 Å². The topological polar surface area (TPSA) is 84.5 Å². The third kappa shape index (κ3) is 8.00. The summed E-state index contributed by atoms with van der Waals surface area (Å²) in [4.78, 5) is 34.0. The molecule has 0 saturated carbocycles. The summed E-state index contributed by atoms with van der Waals surface area (Å²) in [6, 6.07) is 3.27. The highest BCUT2D eigenvalue weighted by molar-refractivity contribution is 5.96. The summed E-state index contributed by atoms with van der Waals surface area (Å²) in [5, 5.41) is 4.38. The highest BCUT2D eigenvalue weighted by Crippen LogP contribution is 2.29. The number of amides is 3. The average molecular weight is 358 g/mol. The fourth-order valence-electron chi connectivity index (χ4n) is 1.59. The molecule has 0 atom stereocenters. The van der Waals surface area contributed by atoms with Crippen LogP contribution in [0.2, 0.25) is 0 Å². The number of halogens is 3. The predicted octanol–water partition coefficient (Wildman–Crippen LogP) is 2.50. The molecule has 1 rings (SSSR count). The minimum Gasteiger partial charge on any atom is -0.452 e. The quantitative estimate of drug-likeness (QED) is 0.626. The van der Waals surface area contributed by atoms with E-state index in [0.29, 0.717) is 5.56 Å². The molecule has 0 radical (unpaired) electrons. The van der Waals surface area contributed by atoms with Crippen molar-refractivity contribution < 1.29 is 32.3 Å². The molecular weight excluding hydrogens is 341 g/mol. The van der Waals surface area contributed by atoms with Crippen molar-refractivity contribution in [1.29, 1.82) is 0 Å². The van der Waals surface area contributed by atoms with Gasteiger partial charge in [0.1, 0.15) is 0 Å². The third-order valence-corrected chi connectivity index (χ3v) is 2.67. The van der Waals surface area contributed by atoms with E-state index in [0.717, 1.165) is 18.2 Å². The molecule has 9 heteroatoms. The molecule has 0 spiro atoms. The Morgan fingerprint density at radius 1 is 1.16 bits per heavy atom. The van der Waals surface area contributed by atoms with Crippen molar-refractivity contribution in [2.24, 2.45) is 0 Å². The third-order valence-electron chi connectivity index (χ3n) is 2.67. The summed E-state index contributed by atoms with van der Waals surface area (Å²) < 4.78 is 41.8. The first-order valence-corrected chi connectivity index (χ1v) is 7.20. The van der Waals surface area contributed by atoms with Crippen LogP contribution in [-0.4, -0.2) is 30.6 Å². The van der Waals surface area contributed by atoms with E-state index in [9.17, 15) is 27.6 Å². The van der Waals surface area contributed by atoms with Crippen LogP contribution in [0.15, 0.2) is 30.3 Å². The van der Waals surface area contributed by atoms with E-state index in [4.69, 9.17) is 0 Å². The lowest BCUT2D eigenvalue weighted by atomic mass is 10.1. The molecule has 1 aromatic carbocycles. The van der Waals surface area contributed by atoms with Gasteiger partial charge in [-0.3, -0.25) is 10.1 Å². The number of carbonyl (C=O) groups is 3. The van der Waals surface area contributed by atoms with Crippen LogP contribution in [0, 0.1) is 0 Å². The zero-order chi connectivity index (χ0) is 19.0. The van der Waals surface area contributed by atoms with Crippen molar-refractivity contribution in [3.05, 3.63) is 41.5 Å². The zero-order valence-electron chi connectivity index (χ0n) is 13.5. The molecule has 0 saturated heterocycles. The smallest absolute Gasteiger partial charge is 0.416 e. The second-order valence-corrected chi connectivity index (χ2v) is 5.24. The summed E-state index contributed by atoms with van der Waals surface area (Å²) in [5.41, 5.74) is -0.450. The average Bonchev–Trinajstić information content (AvgIpc) is 2.49. The predicted molar refractivity (Wildman–Crippen MR) is 83.2 cm³/mol. The SMILES string of the molecule is CC(C)NC(=O)NC(=O)COC(=O)/C=C/c1ccc(C(F)(F)F)cc1. The second kappa shape index (κ2) is 8.86. The van der Waals surface area contributed by atoms with Gasteiger partial charge in [-0.05, 0) is 37.6 Å². The molecule has 0 aliphatic rings. The van der Waals surface area contributed by atoms with E-state index in [1.54, 1.807) is 13.8 Å². The van der Waals surface area contributed by atoms with Crippen LogP contribution in [0.3, 0.4) is 0 Å². The first kappa shape index (κ1) is 20.2. The molecule has 0 fully saturated rings. The standard InChI is InChI=1S/C16H17F3N2O4/c1-10(2)20-15(24)21-13(22)9-25-14(23)8-5-11-3-6-12(7-4-11)16(17,18)19/h3-8,10H,9H2,1-2H3,(H2,20,21,22,24)/b8-5+. The maximum atomic E-state index is 12.4. The minimum atomic E-state index is -4.43. The largest absolute Gasteiger partial charge is 0.452 e. The van der Waals surface area contributed by atoms with Crippen molar-refractivity contribution in [2.75, 3.05) is 6.61 Å². The maximum absolute atomic E-state index is 12.4. The van der Waals surface area contributed by atoms with Gasteiger partial charge in [0.25, 0.3) is 5.91 Å². The fourth-order valence-corrected chi connectivity index (χ4v) is 1.59. The van der Waals surface area contributed by atoms with E-state index >= 15 is 0 Å². The van der Waals surface area contributed by atoms with Gasteiger partial charge in [0.05, 0.1) is 5.56 Å². The van der Waals surface area contributed by atoms with Crippen LogP contribution < -0.4 is 10.6 Å². The number of benzene rings is 1. The number of ether oxygens (including phenoxy) is 1. The molecule has 0 aliphatic carbocycles. The summed E-state index contributed by atoms with van der Waals surface area (Å²) in [5.74, 6) is -1.69. The van der Waals surface area contributed by atoms with Gasteiger partial charge >= 0.3 is 18.2 Å². The molecule has 136 valence electrons. The van der Waals surface area contributed by atoms with E-state index in [1.807, 2.05) is 5.32 Å². The Labute approximate surface area is 142 Å². The normalized spacial score (nSPS) is 11.4. The lowest BCUT2D eigenvalue weighted by Crippen LogP contribution is -2.43. The summed E-state index contributed by atoms with van der Waals surface area (Å²) >= 11 is 0. The Kier molecular flexibility index (Phi) is 7.16. The number of alkyl halides is 3. The van der Waals surface area contributed by atoms with E-state index in [-0.39, 0.29) is 6.04 Å². The highest BCUT2D eigenvalue weighted by Gasteiger charge is 2.29. The van der Waals surface area contributed by atoms with Gasteiger partial charge in [-0.15, -0.1) is 0 Å². The number of carbonyl (C=O) groups excluding carboxylic acids is 3. The Morgan fingerprint density at radius 2 is 1.76 bits per heavy atom. The molecule has 0 heterocycles. The molecule has 0 bridgehead atoms. The van der Waals surface area contributed by atoms with Gasteiger partial charge in [0, 0.05) is 12.1 Å². The minimum absolute atomic E-state index is 0.165. The highest BCUT2D eigenvalue weighted by atomic mass is 19.4. The molecule has 3 amide bonds. The van der Waals surface area contributed by atoms with Gasteiger partial charge in [-0.25, -0.2) is 9.59 Å². The lowest BCUT2D eigenvalue weighted by molar-refractivity contribution is -0.143. The number of hydrogen-bond donors (Lipinski definition) is 2. The van der Waals surface area contributed by atoms with Crippen LogP contribution >= 0.6 is 0 Å². The van der Waals surface area contributed by atoms with Gasteiger partial charge < -0.3 is 10.1 Å². The number of urea groups is 1. The number of rotatable bonds is 5. The molecule has 1 aromatic rings. The van der Waals surface area contributed by atoms with E-state index < -0.39 is 36.3 Å². The Bertz CT molecular complexity index is 652. The summed E-state index contributed by atoms with van der Waals surface area (Å²) in [7, 11) is 0. The fraction of sp³-hybridized carbons (Fsp3) is 0.312. The Hall–Kier alpha value is -2.84. The van der Waals surface area contributed by atoms with Crippen LogP contribution in [0.25, 0.3) is 6.08 Å². The zero-order valence-corrected chi connectivity index (χ0v) is 13.5. The molecule has 0 aromatic heterocycles. The first-order valence-electron chi connectivity index (χ1n) is 7.20. The van der Waals surface area contributed by atoms with Crippen molar-refractivity contribution in [1.82, 2.24) is 10.6 Å². The first-order chi connectivity index (χ1) is 11.6. The van der Waals surface area contributed by atoms with Crippen LogP contribution in [0.4, 0.5) is 18.0 Å². The van der Waals surface area contributed by atoms with Gasteiger partial charge in [-0.1, -0.05) is 12.1 Å². The monoisotopic (exact) mass is 358 g/mol. The Balaban J connectivity index is 2.45. The Morgan fingerprint density at radius 3 is 2.28 bits per heavy atom. The number of hydrogen-bond acceptors (Lipinski definition) is 4. The summed E-state index contributed by atoms with van der Waals surface area (Å²) in [6.45, 7) is 2.74. The van der Waals surface area contributed by atoms with Crippen molar-refractivity contribution >= 4 is 24.0 Å².